The van der Waals surface area contributed by atoms with Gasteiger partial charge in [-0.05, 0) is 36.9 Å². The number of hydrogen-bond donors (Lipinski definition) is 1. The van der Waals surface area contributed by atoms with Gasteiger partial charge in [-0.15, -0.1) is 0 Å². The van der Waals surface area contributed by atoms with E-state index in [-0.39, 0.29) is 0 Å². The summed E-state index contributed by atoms with van der Waals surface area (Å²) in [5, 5.41) is 3.15. The molecule has 0 fully saturated rings. The molecule has 4 heteroatoms. The maximum Gasteiger partial charge on any atom is 0.123 e. The van der Waals surface area contributed by atoms with Crippen molar-refractivity contribution in [1.82, 2.24) is 5.32 Å². The number of benzene rings is 1. The summed E-state index contributed by atoms with van der Waals surface area (Å²) in [6.07, 6.45) is 1.70. The molecule has 18 heavy (non-hydrogen) atoms. The molecule has 2 aromatic rings. The highest BCUT2D eigenvalue weighted by molar-refractivity contribution is 9.10. The van der Waals surface area contributed by atoms with E-state index >= 15 is 0 Å². The maximum absolute atomic E-state index is 5.35. The molecule has 0 unspecified atom stereocenters. The van der Waals surface area contributed by atoms with Gasteiger partial charge in [0.25, 0.3) is 0 Å². The Hall–Kier alpha value is -1.26. The monoisotopic (exact) mass is 308 g/mol. The molecule has 2 rings (SSSR count). The first-order chi connectivity index (χ1) is 8.70. The van der Waals surface area contributed by atoms with E-state index in [1.807, 2.05) is 19.2 Å². The molecule has 1 N–H and O–H groups in total. The van der Waals surface area contributed by atoms with Gasteiger partial charge >= 0.3 is 0 Å². The van der Waals surface area contributed by atoms with Crippen molar-refractivity contribution in [3.63, 3.8) is 0 Å². The van der Waals surface area contributed by atoms with Gasteiger partial charge in [0, 0.05) is 23.8 Å². The lowest BCUT2D eigenvalue weighted by atomic mass is 10.2. The van der Waals surface area contributed by atoms with Gasteiger partial charge in [0.05, 0.1) is 12.8 Å². The lowest BCUT2D eigenvalue weighted by molar-refractivity contribution is 0.507. The fourth-order valence-corrected chi connectivity index (χ4v) is 2.34. The molecule has 96 valence electrons. The topological polar surface area (TPSA) is 28.4 Å². The standard InChI is InChI=1S/C14H17BrN2O/c1-16-9-11-5-6-12(8-14(11)15)17(2)10-13-4-3-7-18-13/h3-8,16H,9-10H2,1-2H3. The Balaban J connectivity index is 2.11. The fourth-order valence-electron chi connectivity index (χ4n) is 1.84. The van der Waals surface area contributed by atoms with Gasteiger partial charge in [-0.25, -0.2) is 0 Å². The Morgan fingerprint density at radius 1 is 1.33 bits per heavy atom. The fraction of sp³-hybridized carbons (Fsp3) is 0.286. The largest absolute Gasteiger partial charge is 0.467 e. The third kappa shape index (κ3) is 3.15. The number of anilines is 1. The first-order valence-corrected chi connectivity index (χ1v) is 6.66. The quantitative estimate of drug-likeness (QED) is 0.917. The van der Waals surface area contributed by atoms with Crippen molar-refractivity contribution in [2.75, 3.05) is 19.0 Å². The van der Waals surface area contributed by atoms with Crippen LogP contribution in [0.25, 0.3) is 0 Å². The van der Waals surface area contributed by atoms with E-state index in [0.29, 0.717) is 0 Å². The number of halogens is 1. The molecule has 0 radical (unpaired) electrons. The van der Waals surface area contributed by atoms with Gasteiger partial charge in [0.15, 0.2) is 0 Å². The molecule has 0 aliphatic carbocycles. The lowest BCUT2D eigenvalue weighted by Crippen LogP contribution is -2.16. The molecule has 0 saturated carbocycles. The molecule has 0 aliphatic rings. The van der Waals surface area contributed by atoms with Crippen LogP contribution < -0.4 is 10.2 Å². The summed E-state index contributed by atoms with van der Waals surface area (Å²) in [4.78, 5) is 2.16. The van der Waals surface area contributed by atoms with Crippen LogP contribution in [0.2, 0.25) is 0 Å². The molecule has 1 aromatic carbocycles. The van der Waals surface area contributed by atoms with Crippen molar-refractivity contribution in [3.05, 3.63) is 52.4 Å². The molecule has 0 atom stereocenters. The molecule has 1 aromatic heterocycles. The van der Waals surface area contributed by atoms with Crippen LogP contribution >= 0.6 is 15.9 Å². The van der Waals surface area contributed by atoms with E-state index in [4.69, 9.17) is 4.42 Å². The maximum atomic E-state index is 5.35. The van der Waals surface area contributed by atoms with Gasteiger partial charge in [-0.1, -0.05) is 22.0 Å². The van der Waals surface area contributed by atoms with Crippen molar-refractivity contribution in [2.45, 2.75) is 13.1 Å². The van der Waals surface area contributed by atoms with Gasteiger partial charge < -0.3 is 14.6 Å². The summed E-state index contributed by atoms with van der Waals surface area (Å²) in [6, 6.07) is 10.3. The van der Waals surface area contributed by atoms with Crippen LogP contribution in [0.3, 0.4) is 0 Å². The number of hydrogen-bond acceptors (Lipinski definition) is 3. The van der Waals surface area contributed by atoms with Gasteiger partial charge in [0.2, 0.25) is 0 Å². The second-order valence-electron chi connectivity index (χ2n) is 4.24. The average Bonchev–Trinajstić information content (AvgIpc) is 2.84. The van der Waals surface area contributed by atoms with Crippen molar-refractivity contribution < 1.29 is 4.42 Å². The molecule has 0 bridgehead atoms. The highest BCUT2D eigenvalue weighted by Crippen LogP contribution is 2.24. The van der Waals surface area contributed by atoms with Crippen LogP contribution in [0.1, 0.15) is 11.3 Å². The van der Waals surface area contributed by atoms with Crippen LogP contribution in [-0.4, -0.2) is 14.1 Å². The van der Waals surface area contributed by atoms with E-state index < -0.39 is 0 Å². The zero-order valence-electron chi connectivity index (χ0n) is 10.6. The smallest absolute Gasteiger partial charge is 0.123 e. The highest BCUT2D eigenvalue weighted by atomic mass is 79.9. The summed E-state index contributed by atoms with van der Waals surface area (Å²) < 4.78 is 6.48. The van der Waals surface area contributed by atoms with Crippen LogP contribution in [0.15, 0.2) is 45.5 Å². The van der Waals surface area contributed by atoms with E-state index in [1.54, 1.807) is 6.26 Å². The third-order valence-corrected chi connectivity index (χ3v) is 3.56. The zero-order chi connectivity index (χ0) is 13.0. The van der Waals surface area contributed by atoms with Crippen molar-refractivity contribution in [3.8, 4) is 0 Å². The van der Waals surface area contributed by atoms with Crippen molar-refractivity contribution in [1.29, 1.82) is 0 Å². The molecule has 0 saturated heterocycles. The molecule has 1 heterocycles. The SMILES string of the molecule is CNCc1ccc(N(C)Cc2ccco2)cc1Br. The van der Waals surface area contributed by atoms with Gasteiger partial charge in [-0.2, -0.15) is 0 Å². The molecule has 0 amide bonds. The van der Waals surface area contributed by atoms with E-state index in [0.717, 1.165) is 29.0 Å². The number of rotatable bonds is 5. The van der Waals surface area contributed by atoms with E-state index in [9.17, 15) is 0 Å². The van der Waals surface area contributed by atoms with Crippen LogP contribution in [0, 0.1) is 0 Å². The minimum Gasteiger partial charge on any atom is -0.467 e. The summed E-state index contributed by atoms with van der Waals surface area (Å²) in [6.45, 7) is 1.63. The predicted molar refractivity (Wildman–Crippen MR) is 77.7 cm³/mol. The van der Waals surface area contributed by atoms with Crippen molar-refractivity contribution >= 4 is 21.6 Å². The second-order valence-corrected chi connectivity index (χ2v) is 5.10. The van der Waals surface area contributed by atoms with E-state index in [1.165, 1.54) is 5.56 Å². The Morgan fingerprint density at radius 3 is 2.78 bits per heavy atom. The van der Waals surface area contributed by atoms with E-state index in [2.05, 4.69) is 51.4 Å². The zero-order valence-corrected chi connectivity index (χ0v) is 12.2. The summed E-state index contributed by atoms with van der Waals surface area (Å²) in [7, 11) is 4.01. The summed E-state index contributed by atoms with van der Waals surface area (Å²) >= 11 is 3.60. The highest BCUT2D eigenvalue weighted by Gasteiger charge is 2.06. The first kappa shape index (κ1) is 13.2. The summed E-state index contributed by atoms with van der Waals surface area (Å²) in [5.74, 6) is 0.966. The normalized spacial score (nSPS) is 10.6. The molecule has 3 nitrogen and oxygen atoms in total. The Bertz CT molecular complexity index is 497. The molecule has 0 aliphatic heterocycles. The van der Waals surface area contributed by atoms with Gasteiger partial charge in [0.1, 0.15) is 5.76 Å². The lowest BCUT2D eigenvalue weighted by Gasteiger charge is -2.19. The second kappa shape index (κ2) is 6.07. The molecule has 0 spiro atoms. The number of nitrogens with zero attached hydrogens (tertiary/aromatic N) is 1. The Labute approximate surface area is 116 Å². The Kier molecular flexibility index (Phi) is 4.44. The summed E-state index contributed by atoms with van der Waals surface area (Å²) in [5.41, 5.74) is 2.42. The average molecular weight is 309 g/mol. The minimum absolute atomic E-state index is 0.769. The first-order valence-electron chi connectivity index (χ1n) is 5.87. The van der Waals surface area contributed by atoms with Gasteiger partial charge in [-0.3, -0.25) is 0 Å². The van der Waals surface area contributed by atoms with Crippen LogP contribution in [0.5, 0.6) is 0 Å². The molecular formula is C14H17BrN2O. The van der Waals surface area contributed by atoms with Crippen molar-refractivity contribution in [2.24, 2.45) is 0 Å². The predicted octanol–water partition coefficient (Wildman–Crippen LogP) is 3.40. The van der Waals surface area contributed by atoms with Crippen LogP contribution in [-0.2, 0) is 13.1 Å². The van der Waals surface area contributed by atoms with Crippen LogP contribution in [0.4, 0.5) is 5.69 Å². The Morgan fingerprint density at radius 2 is 2.17 bits per heavy atom. The minimum atomic E-state index is 0.769. The molecular weight excluding hydrogens is 292 g/mol. The number of furan rings is 1. The number of nitrogens with one attached hydrogen (secondary N) is 1. The third-order valence-electron chi connectivity index (χ3n) is 2.82.